The Kier molecular flexibility index (Phi) is 4.78. The minimum atomic E-state index is -0.355. The molecule has 2 fully saturated rings. The largest absolute Gasteiger partial charge is 0.394 e. The van der Waals surface area contributed by atoms with Crippen molar-refractivity contribution >= 4 is 11.6 Å². The molecule has 1 aromatic carbocycles. The average Bonchev–Trinajstić information content (AvgIpc) is 3.18. The van der Waals surface area contributed by atoms with Crippen LogP contribution in [0.3, 0.4) is 0 Å². The molecule has 6 heteroatoms. The van der Waals surface area contributed by atoms with E-state index in [9.17, 15) is 5.11 Å². The third kappa shape index (κ3) is 3.27. The van der Waals surface area contributed by atoms with Gasteiger partial charge in [-0.25, -0.2) is 9.97 Å². The lowest BCUT2D eigenvalue weighted by Crippen LogP contribution is -2.48. The quantitative estimate of drug-likeness (QED) is 0.908. The number of morpholine rings is 1. The van der Waals surface area contributed by atoms with Crippen molar-refractivity contribution in [1.29, 1.82) is 0 Å². The highest BCUT2D eigenvalue weighted by atomic mass is 16.5. The van der Waals surface area contributed by atoms with Crippen molar-refractivity contribution in [3.8, 4) is 0 Å². The van der Waals surface area contributed by atoms with Crippen LogP contribution in [0.4, 0.5) is 11.6 Å². The van der Waals surface area contributed by atoms with E-state index >= 15 is 0 Å². The van der Waals surface area contributed by atoms with Gasteiger partial charge < -0.3 is 19.6 Å². The van der Waals surface area contributed by atoms with Crippen molar-refractivity contribution in [2.45, 2.75) is 31.4 Å². The van der Waals surface area contributed by atoms with Crippen LogP contribution in [-0.2, 0) is 10.3 Å². The van der Waals surface area contributed by atoms with Gasteiger partial charge in [-0.15, -0.1) is 0 Å². The SMILES string of the molecule is CC1(c2ccccc2)CN(c2cc(N3CCCC3CO)ncn2)CCO1. The molecule has 0 radical (unpaired) electrons. The predicted molar refractivity (Wildman–Crippen MR) is 101 cm³/mol. The molecule has 0 spiro atoms. The van der Waals surface area contributed by atoms with Crippen LogP contribution in [-0.4, -0.2) is 54.0 Å². The van der Waals surface area contributed by atoms with Crippen molar-refractivity contribution in [3.63, 3.8) is 0 Å². The Morgan fingerprint density at radius 2 is 2.00 bits per heavy atom. The van der Waals surface area contributed by atoms with Crippen LogP contribution in [0.1, 0.15) is 25.3 Å². The zero-order valence-electron chi connectivity index (χ0n) is 15.2. The Morgan fingerprint density at radius 1 is 1.19 bits per heavy atom. The summed E-state index contributed by atoms with van der Waals surface area (Å²) >= 11 is 0. The van der Waals surface area contributed by atoms with Crippen LogP contribution in [0.2, 0.25) is 0 Å². The van der Waals surface area contributed by atoms with Crippen molar-refractivity contribution in [2.75, 3.05) is 42.6 Å². The average molecular weight is 354 g/mol. The monoisotopic (exact) mass is 354 g/mol. The second-order valence-electron chi connectivity index (χ2n) is 7.27. The second kappa shape index (κ2) is 7.21. The van der Waals surface area contributed by atoms with Gasteiger partial charge in [0.15, 0.2) is 0 Å². The third-order valence-corrected chi connectivity index (χ3v) is 5.50. The van der Waals surface area contributed by atoms with Crippen molar-refractivity contribution in [1.82, 2.24) is 9.97 Å². The van der Waals surface area contributed by atoms with E-state index in [2.05, 4.69) is 38.8 Å². The Morgan fingerprint density at radius 3 is 2.81 bits per heavy atom. The lowest BCUT2D eigenvalue weighted by Gasteiger charge is -2.41. The highest BCUT2D eigenvalue weighted by molar-refractivity contribution is 5.52. The van der Waals surface area contributed by atoms with Crippen LogP contribution in [0, 0.1) is 0 Å². The molecule has 6 nitrogen and oxygen atoms in total. The van der Waals surface area contributed by atoms with Crippen molar-refractivity contribution < 1.29 is 9.84 Å². The number of ether oxygens (including phenoxy) is 1. The van der Waals surface area contributed by atoms with E-state index in [1.807, 2.05) is 24.3 Å². The van der Waals surface area contributed by atoms with Gasteiger partial charge in [0.25, 0.3) is 0 Å². The molecule has 2 aromatic rings. The molecule has 0 saturated carbocycles. The Balaban J connectivity index is 1.57. The highest BCUT2D eigenvalue weighted by Gasteiger charge is 2.34. The summed E-state index contributed by atoms with van der Waals surface area (Å²) in [7, 11) is 0. The highest BCUT2D eigenvalue weighted by Crippen LogP contribution is 2.32. The minimum absolute atomic E-state index is 0.164. The van der Waals surface area contributed by atoms with E-state index in [1.165, 1.54) is 5.56 Å². The number of hydrogen-bond donors (Lipinski definition) is 1. The first-order chi connectivity index (χ1) is 12.7. The van der Waals surface area contributed by atoms with E-state index in [1.54, 1.807) is 6.33 Å². The van der Waals surface area contributed by atoms with Crippen LogP contribution < -0.4 is 9.80 Å². The fourth-order valence-electron chi connectivity index (χ4n) is 4.03. The summed E-state index contributed by atoms with van der Waals surface area (Å²) in [6.07, 6.45) is 3.74. The molecule has 4 rings (SSSR count). The van der Waals surface area contributed by atoms with Gasteiger partial charge >= 0.3 is 0 Å². The zero-order valence-corrected chi connectivity index (χ0v) is 15.2. The molecular formula is C20H26N4O2. The van der Waals surface area contributed by atoms with Crippen LogP contribution in [0.5, 0.6) is 0 Å². The number of aliphatic hydroxyl groups is 1. The summed E-state index contributed by atoms with van der Waals surface area (Å²) in [5.41, 5.74) is 0.824. The maximum Gasteiger partial charge on any atom is 0.134 e. The maximum atomic E-state index is 9.60. The number of benzene rings is 1. The standard InChI is InChI=1S/C20H26N4O2/c1-20(16-6-3-2-4-7-16)14-23(10-11-26-20)18-12-19(22-15-21-18)24-9-5-8-17(24)13-25/h2-4,6-7,12,15,17,25H,5,8-11,13-14H2,1H3. The molecule has 2 unspecified atom stereocenters. The summed E-state index contributed by atoms with van der Waals surface area (Å²) in [5.74, 6) is 1.82. The topological polar surface area (TPSA) is 61.7 Å². The maximum absolute atomic E-state index is 9.60. The summed E-state index contributed by atoms with van der Waals surface area (Å²) in [4.78, 5) is 13.4. The summed E-state index contributed by atoms with van der Waals surface area (Å²) in [5, 5.41) is 9.60. The van der Waals surface area contributed by atoms with E-state index in [0.717, 1.165) is 44.1 Å². The van der Waals surface area contributed by atoms with E-state index < -0.39 is 0 Å². The van der Waals surface area contributed by atoms with Gasteiger partial charge in [0.05, 0.1) is 25.8 Å². The van der Waals surface area contributed by atoms with Gasteiger partial charge in [0.1, 0.15) is 23.6 Å². The second-order valence-corrected chi connectivity index (χ2v) is 7.27. The fraction of sp³-hybridized carbons (Fsp3) is 0.500. The van der Waals surface area contributed by atoms with Crippen LogP contribution >= 0.6 is 0 Å². The molecule has 0 bridgehead atoms. The number of aliphatic hydroxyl groups excluding tert-OH is 1. The minimum Gasteiger partial charge on any atom is -0.394 e. The first-order valence-electron chi connectivity index (χ1n) is 9.33. The molecule has 2 aliphatic rings. The Labute approximate surface area is 154 Å². The molecule has 0 aliphatic carbocycles. The summed E-state index contributed by atoms with van der Waals surface area (Å²) in [6.45, 7) is 5.46. The molecule has 1 aromatic heterocycles. The molecule has 0 amide bonds. The van der Waals surface area contributed by atoms with Gasteiger partial charge in [-0.3, -0.25) is 0 Å². The molecule has 26 heavy (non-hydrogen) atoms. The number of aromatic nitrogens is 2. The van der Waals surface area contributed by atoms with Crippen molar-refractivity contribution in [2.24, 2.45) is 0 Å². The first-order valence-corrected chi connectivity index (χ1v) is 9.33. The van der Waals surface area contributed by atoms with Gasteiger partial charge in [0.2, 0.25) is 0 Å². The fourth-order valence-corrected chi connectivity index (χ4v) is 4.03. The van der Waals surface area contributed by atoms with Gasteiger partial charge in [0, 0.05) is 19.2 Å². The van der Waals surface area contributed by atoms with E-state index in [0.29, 0.717) is 6.61 Å². The third-order valence-electron chi connectivity index (χ3n) is 5.50. The van der Waals surface area contributed by atoms with Crippen LogP contribution in [0.15, 0.2) is 42.7 Å². The number of rotatable bonds is 4. The summed E-state index contributed by atoms with van der Waals surface area (Å²) < 4.78 is 6.14. The molecular weight excluding hydrogens is 328 g/mol. The normalized spacial score (nSPS) is 26.3. The number of nitrogens with zero attached hydrogens (tertiary/aromatic N) is 4. The summed E-state index contributed by atoms with van der Waals surface area (Å²) in [6, 6.07) is 12.6. The first kappa shape index (κ1) is 17.2. The van der Waals surface area contributed by atoms with Gasteiger partial charge in [-0.1, -0.05) is 30.3 Å². The van der Waals surface area contributed by atoms with Gasteiger partial charge in [-0.2, -0.15) is 0 Å². The lowest BCUT2D eigenvalue weighted by molar-refractivity contribution is -0.0468. The molecule has 1 N–H and O–H groups in total. The molecule has 2 aliphatic heterocycles. The van der Waals surface area contributed by atoms with Crippen molar-refractivity contribution in [3.05, 3.63) is 48.3 Å². The van der Waals surface area contributed by atoms with E-state index in [4.69, 9.17) is 4.74 Å². The van der Waals surface area contributed by atoms with E-state index in [-0.39, 0.29) is 18.2 Å². The molecule has 138 valence electrons. The smallest absolute Gasteiger partial charge is 0.134 e. The predicted octanol–water partition coefficient (Wildman–Crippen LogP) is 2.19. The van der Waals surface area contributed by atoms with Gasteiger partial charge in [-0.05, 0) is 25.3 Å². The lowest BCUT2D eigenvalue weighted by atomic mass is 9.94. The Bertz CT molecular complexity index is 742. The molecule has 2 saturated heterocycles. The van der Waals surface area contributed by atoms with Crippen LogP contribution in [0.25, 0.3) is 0 Å². The number of anilines is 2. The number of hydrogen-bond acceptors (Lipinski definition) is 6. The molecule has 2 atom stereocenters. The zero-order chi connectivity index (χ0) is 18.0. The molecule has 3 heterocycles. The Hall–Kier alpha value is -2.18.